The molecule has 25 heavy (non-hydrogen) atoms. The molecule has 0 unspecified atom stereocenters. The van der Waals surface area contributed by atoms with Crippen molar-refractivity contribution in [1.82, 2.24) is 4.98 Å². The molecule has 0 aliphatic rings. The third-order valence-electron chi connectivity index (χ3n) is 3.72. The lowest BCUT2D eigenvalue weighted by Crippen LogP contribution is -1.82. The molecule has 0 spiro atoms. The molecule has 0 saturated heterocycles. The summed E-state index contributed by atoms with van der Waals surface area (Å²) >= 11 is 13.8. The number of rotatable bonds is 3. The average Bonchev–Trinajstić information content (AvgIpc) is 3.05. The number of para-hydroxylation sites is 1. The Bertz CT molecular complexity index is 1040. The molecule has 1 heterocycles. The third-order valence-corrected chi connectivity index (χ3v) is 5.37. The van der Waals surface area contributed by atoms with Gasteiger partial charge in [-0.3, -0.25) is 4.99 Å². The fraction of sp³-hybridized carbons (Fsp3) is 0. The molecule has 0 radical (unpaired) electrons. The highest BCUT2D eigenvalue weighted by Gasteiger charge is 2.05. The maximum atomic E-state index is 6.16. The Hall–Kier alpha value is -2.20. The minimum atomic E-state index is 0.586. The largest absolute Gasteiger partial charge is 0.256 e. The smallest absolute Gasteiger partial charge is 0.124 e. The van der Waals surface area contributed by atoms with Gasteiger partial charge >= 0.3 is 0 Å². The number of aromatic nitrogens is 1. The van der Waals surface area contributed by atoms with Gasteiger partial charge in [-0.1, -0.05) is 41.4 Å². The summed E-state index contributed by atoms with van der Waals surface area (Å²) in [5.74, 6) is 0. The number of thiazole rings is 1. The van der Waals surface area contributed by atoms with Gasteiger partial charge in [-0.2, -0.15) is 0 Å². The van der Waals surface area contributed by atoms with Gasteiger partial charge in [-0.15, -0.1) is 11.3 Å². The third kappa shape index (κ3) is 3.59. The molecule has 2 nitrogen and oxygen atoms in total. The summed E-state index contributed by atoms with van der Waals surface area (Å²) in [5, 5.41) is 2.21. The number of aliphatic imine (C=N–C) groups is 1. The molecule has 0 aliphatic heterocycles. The van der Waals surface area contributed by atoms with Crippen LogP contribution in [0.3, 0.4) is 0 Å². The molecule has 5 heteroatoms. The molecule has 0 N–H and O–H groups in total. The molecule has 1 aromatic heterocycles. The van der Waals surface area contributed by atoms with E-state index in [-0.39, 0.29) is 0 Å². The molecule has 4 rings (SSSR count). The lowest BCUT2D eigenvalue weighted by molar-refractivity contribution is 1.46. The quantitative estimate of drug-likeness (QED) is 0.349. The first-order valence-electron chi connectivity index (χ1n) is 7.64. The van der Waals surface area contributed by atoms with E-state index in [9.17, 15) is 0 Å². The van der Waals surface area contributed by atoms with Crippen LogP contribution in [0.2, 0.25) is 10.0 Å². The van der Waals surface area contributed by atoms with Crippen molar-refractivity contribution in [3.63, 3.8) is 0 Å². The predicted octanol–water partition coefficient (Wildman–Crippen LogP) is 7.02. The van der Waals surface area contributed by atoms with Gasteiger partial charge < -0.3 is 0 Å². The van der Waals surface area contributed by atoms with E-state index in [1.54, 1.807) is 29.7 Å². The van der Waals surface area contributed by atoms with Gasteiger partial charge in [0.2, 0.25) is 0 Å². The van der Waals surface area contributed by atoms with Gasteiger partial charge in [0.25, 0.3) is 0 Å². The van der Waals surface area contributed by atoms with Crippen LogP contribution in [0.25, 0.3) is 20.8 Å². The second kappa shape index (κ2) is 6.96. The monoisotopic (exact) mass is 382 g/mol. The van der Waals surface area contributed by atoms with Crippen molar-refractivity contribution in [3.05, 3.63) is 82.3 Å². The van der Waals surface area contributed by atoms with Crippen LogP contribution in [0.5, 0.6) is 0 Å². The second-order valence-electron chi connectivity index (χ2n) is 5.46. The Kier molecular flexibility index (Phi) is 4.53. The van der Waals surface area contributed by atoms with Gasteiger partial charge in [0.1, 0.15) is 5.01 Å². The van der Waals surface area contributed by atoms with Crippen LogP contribution in [0.1, 0.15) is 5.56 Å². The first-order valence-corrected chi connectivity index (χ1v) is 9.21. The SMILES string of the molecule is Clc1ccc(C=Nc2ccc(-c3nc4ccccc4s3)cc2)c(Cl)c1. The maximum Gasteiger partial charge on any atom is 0.124 e. The van der Waals surface area contributed by atoms with E-state index in [0.29, 0.717) is 10.0 Å². The van der Waals surface area contributed by atoms with Crippen molar-refractivity contribution in [1.29, 1.82) is 0 Å². The van der Waals surface area contributed by atoms with E-state index < -0.39 is 0 Å². The second-order valence-corrected chi connectivity index (χ2v) is 7.33. The van der Waals surface area contributed by atoms with Crippen LogP contribution in [0.4, 0.5) is 5.69 Å². The fourth-order valence-electron chi connectivity index (χ4n) is 2.44. The van der Waals surface area contributed by atoms with E-state index in [1.807, 2.05) is 48.5 Å². The van der Waals surface area contributed by atoms with Crippen molar-refractivity contribution in [2.75, 3.05) is 0 Å². The highest BCUT2D eigenvalue weighted by atomic mass is 35.5. The van der Waals surface area contributed by atoms with E-state index in [0.717, 1.165) is 27.3 Å². The summed E-state index contributed by atoms with van der Waals surface area (Å²) in [6.45, 7) is 0. The van der Waals surface area contributed by atoms with E-state index in [4.69, 9.17) is 23.2 Å². The van der Waals surface area contributed by atoms with Gasteiger partial charge in [0.05, 0.1) is 20.9 Å². The molecule has 0 amide bonds. The first-order chi connectivity index (χ1) is 12.2. The minimum absolute atomic E-state index is 0.586. The highest BCUT2D eigenvalue weighted by molar-refractivity contribution is 7.21. The van der Waals surface area contributed by atoms with Crippen molar-refractivity contribution >= 4 is 56.7 Å². The Morgan fingerprint density at radius 1 is 0.920 bits per heavy atom. The average molecular weight is 383 g/mol. The molecule has 4 aromatic rings. The van der Waals surface area contributed by atoms with E-state index >= 15 is 0 Å². The number of benzene rings is 3. The zero-order valence-electron chi connectivity index (χ0n) is 13.0. The van der Waals surface area contributed by atoms with Crippen LogP contribution in [0, 0.1) is 0 Å². The Labute approximate surface area is 159 Å². The highest BCUT2D eigenvalue weighted by Crippen LogP contribution is 2.31. The molecule has 0 fully saturated rings. The summed E-state index contributed by atoms with van der Waals surface area (Å²) in [7, 11) is 0. The van der Waals surface area contributed by atoms with Crippen LogP contribution in [-0.2, 0) is 0 Å². The van der Waals surface area contributed by atoms with Crippen LogP contribution >= 0.6 is 34.5 Å². The topological polar surface area (TPSA) is 25.2 Å². The van der Waals surface area contributed by atoms with Crippen molar-refractivity contribution < 1.29 is 0 Å². The zero-order valence-corrected chi connectivity index (χ0v) is 15.3. The summed E-state index contributed by atoms with van der Waals surface area (Å²) in [6, 6.07) is 21.5. The lowest BCUT2D eigenvalue weighted by Gasteiger charge is -2.00. The first kappa shape index (κ1) is 16.3. The fourth-order valence-corrected chi connectivity index (χ4v) is 3.86. The zero-order chi connectivity index (χ0) is 17.2. The summed E-state index contributed by atoms with van der Waals surface area (Å²) < 4.78 is 1.19. The van der Waals surface area contributed by atoms with Crippen LogP contribution in [0.15, 0.2) is 71.7 Å². The normalized spacial score (nSPS) is 11.4. The van der Waals surface area contributed by atoms with Crippen molar-refractivity contribution in [3.8, 4) is 10.6 Å². The molecular formula is C20H12Cl2N2S. The maximum absolute atomic E-state index is 6.16. The number of halogens is 2. The summed E-state index contributed by atoms with van der Waals surface area (Å²) in [6.07, 6.45) is 1.74. The standard InChI is InChI=1S/C20H12Cl2N2S/c21-15-8-5-14(17(22)11-15)12-23-16-9-6-13(7-10-16)20-24-18-3-1-2-4-19(18)25-20/h1-12H. The molecule has 0 atom stereocenters. The van der Waals surface area contributed by atoms with Crippen molar-refractivity contribution in [2.45, 2.75) is 0 Å². The Morgan fingerprint density at radius 3 is 2.48 bits per heavy atom. The number of hydrogen-bond donors (Lipinski definition) is 0. The van der Waals surface area contributed by atoms with Crippen molar-refractivity contribution in [2.24, 2.45) is 4.99 Å². The summed E-state index contributed by atoms with van der Waals surface area (Å²) in [4.78, 5) is 9.15. The molecule has 0 bridgehead atoms. The predicted molar refractivity (Wildman–Crippen MR) is 109 cm³/mol. The van der Waals surface area contributed by atoms with E-state index in [2.05, 4.69) is 16.0 Å². The molecule has 3 aromatic carbocycles. The summed E-state index contributed by atoms with van der Waals surface area (Å²) in [5.41, 5.74) is 3.81. The number of fused-ring (bicyclic) bond motifs is 1. The minimum Gasteiger partial charge on any atom is -0.256 e. The van der Waals surface area contributed by atoms with Gasteiger partial charge in [-0.25, -0.2) is 4.98 Å². The number of nitrogens with zero attached hydrogens (tertiary/aromatic N) is 2. The van der Waals surface area contributed by atoms with Gasteiger partial charge in [0.15, 0.2) is 0 Å². The molecule has 0 saturated carbocycles. The Balaban J connectivity index is 1.58. The molecule has 0 aliphatic carbocycles. The van der Waals surface area contributed by atoms with E-state index in [1.165, 1.54) is 4.70 Å². The molecule has 122 valence electrons. The molecular weight excluding hydrogens is 371 g/mol. The van der Waals surface area contributed by atoms with Gasteiger partial charge in [0, 0.05) is 22.4 Å². The lowest BCUT2D eigenvalue weighted by atomic mass is 10.2. The van der Waals surface area contributed by atoms with Crippen LogP contribution < -0.4 is 0 Å². The van der Waals surface area contributed by atoms with Crippen LogP contribution in [-0.4, -0.2) is 11.2 Å². The van der Waals surface area contributed by atoms with Gasteiger partial charge in [-0.05, 0) is 48.5 Å². The Morgan fingerprint density at radius 2 is 1.72 bits per heavy atom. The number of hydrogen-bond acceptors (Lipinski definition) is 3.